The Morgan fingerprint density at radius 3 is 1.79 bits per heavy atom. The zero-order valence-corrected chi connectivity index (χ0v) is 22.6. The molecule has 5 rings (SSSR count). The molecule has 3 heteroatoms. The number of imidazole rings is 1. The molecule has 5 aromatic rings. The van der Waals surface area contributed by atoms with Crippen molar-refractivity contribution >= 4 is 0 Å². The Balaban J connectivity index is 1.60. The quantitative estimate of drug-likeness (QED) is 0.182. The molecule has 0 atom stereocenters. The van der Waals surface area contributed by atoms with E-state index >= 15 is 0 Å². The Labute approximate surface area is 227 Å². The van der Waals surface area contributed by atoms with E-state index in [0.717, 1.165) is 50.5 Å². The molecule has 4 aromatic carbocycles. The third kappa shape index (κ3) is 6.30. The minimum atomic E-state index is 0.816. The van der Waals surface area contributed by atoms with E-state index in [-0.39, 0.29) is 0 Å². The Morgan fingerprint density at radius 1 is 0.632 bits per heavy atom. The van der Waals surface area contributed by atoms with E-state index in [9.17, 15) is 0 Å². The van der Waals surface area contributed by atoms with Crippen molar-refractivity contribution in [2.75, 3.05) is 0 Å². The average molecular weight is 500 g/mol. The van der Waals surface area contributed by atoms with Crippen LogP contribution in [0.25, 0.3) is 22.6 Å². The summed E-state index contributed by atoms with van der Waals surface area (Å²) < 4.78 is 2.48. The molecular formula is C35H37N3. The number of unbranched alkanes of at least 4 members (excludes halogenated alkanes) is 1. The van der Waals surface area contributed by atoms with Crippen LogP contribution in [0.5, 0.6) is 0 Å². The lowest BCUT2D eigenvalue weighted by atomic mass is 10.1. The lowest BCUT2D eigenvalue weighted by Gasteiger charge is -2.25. The van der Waals surface area contributed by atoms with Gasteiger partial charge in [0.1, 0.15) is 5.82 Å². The molecule has 0 radical (unpaired) electrons. The van der Waals surface area contributed by atoms with Gasteiger partial charge in [-0.05, 0) is 24.5 Å². The van der Waals surface area contributed by atoms with Crippen molar-refractivity contribution in [1.29, 1.82) is 0 Å². The van der Waals surface area contributed by atoms with Gasteiger partial charge in [-0.2, -0.15) is 0 Å². The van der Waals surface area contributed by atoms with Gasteiger partial charge in [-0.25, -0.2) is 4.98 Å². The summed E-state index contributed by atoms with van der Waals surface area (Å²) in [5, 5.41) is 0. The number of aromatic nitrogens is 2. The van der Waals surface area contributed by atoms with Gasteiger partial charge in [0.15, 0.2) is 0 Å². The predicted octanol–water partition coefficient (Wildman–Crippen LogP) is 8.53. The highest BCUT2D eigenvalue weighted by atomic mass is 15.2. The van der Waals surface area contributed by atoms with E-state index < -0.39 is 0 Å². The third-order valence-corrected chi connectivity index (χ3v) is 7.04. The Morgan fingerprint density at radius 2 is 1.18 bits per heavy atom. The highest BCUT2D eigenvalue weighted by Gasteiger charge is 2.22. The highest BCUT2D eigenvalue weighted by molar-refractivity contribution is 5.68. The van der Waals surface area contributed by atoms with E-state index in [1.807, 2.05) is 0 Å². The van der Waals surface area contributed by atoms with Gasteiger partial charge in [0, 0.05) is 37.3 Å². The lowest BCUT2D eigenvalue weighted by Crippen LogP contribution is -2.24. The standard InChI is InChI=1S/C35H37N3/c1-3-4-24-38-33(34(31-16-10-6-11-17-31)36-35(38)32-18-12-7-13-19-32)27-37(25-29-14-8-5-9-15-29)26-30-22-20-28(2)21-23-30/h5-23H,3-4,24-27H2,1-2H3. The minimum absolute atomic E-state index is 0.816. The largest absolute Gasteiger partial charge is 0.326 e. The molecule has 192 valence electrons. The molecule has 0 aliphatic rings. The Bertz CT molecular complexity index is 1410. The van der Waals surface area contributed by atoms with Gasteiger partial charge < -0.3 is 4.57 Å². The number of rotatable bonds is 11. The second kappa shape index (κ2) is 12.5. The molecule has 38 heavy (non-hydrogen) atoms. The lowest BCUT2D eigenvalue weighted by molar-refractivity contribution is 0.241. The summed E-state index contributed by atoms with van der Waals surface area (Å²) in [6, 6.07) is 41.1. The fourth-order valence-electron chi connectivity index (χ4n) is 5.01. The highest BCUT2D eigenvalue weighted by Crippen LogP contribution is 2.31. The van der Waals surface area contributed by atoms with Crippen LogP contribution >= 0.6 is 0 Å². The number of hydrogen-bond acceptors (Lipinski definition) is 2. The van der Waals surface area contributed by atoms with Crippen molar-refractivity contribution in [3.05, 3.63) is 138 Å². The van der Waals surface area contributed by atoms with Gasteiger partial charge in [-0.1, -0.05) is 134 Å². The normalized spacial score (nSPS) is 11.2. The molecule has 0 aliphatic heterocycles. The topological polar surface area (TPSA) is 21.1 Å². The summed E-state index contributed by atoms with van der Waals surface area (Å²) in [7, 11) is 0. The fraction of sp³-hybridized carbons (Fsp3) is 0.229. The smallest absolute Gasteiger partial charge is 0.140 e. The van der Waals surface area contributed by atoms with Crippen molar-refractivity contribution < 1.29 is 0 Å². The number of nitrogens with zero attached hydrogens (tertiary/aromatic N) is 3. The van der Waals surface area contributed by atoms with Crippen LogP contribution in [0.1, 0.15) is 42.1 Å². The Hall–Kier alpha value is -3.95. The van der Waals surface area contributed by atoms with E-state index in [1.165, 1.54) is 33.5 Å². The van der Waals surface area contributed by atoms with Crippen molar-refractivity contribution in [1.82, 2.24) is 14.5 Å². The molecule has 0 aliphatic carbocycles. The maximum Gasteiger partial charge on any atom is 0.140 e. The zero-order chi connectivity index (χ0) is 26.2. The van der Waals surface area contributed by atoms with Gasteiger partial charge in [-0.3, -0.25) is 4.90 Å². The number of benzene rings is 4. The van der Waals surface area contributed by atoms with E-state index in [0.29, 0.717) is 0 Å². The average Bonchev–Trinajstić information content (AvgIpc) is 3.32. The second-order valence-corrected chi connectivity index (χ2v) is 10.1. The molecule has 0 saturated carbocycles. The van der Waals surface area contributed by atoms with Crippen molar-refractivity contribution in [2.45, 2.75) is 52.9 Å². The van der Waals surface area contributed by atoms with Crippen LogP contribution in [0.3, 0.4) is 0 Å². The first-order chi connectivity index (χ1) is 18.7. The van der Waals surface area contributed by atoms with Gasteiger partial charge in [-0.15, -0.1) is 0 Å². The summed E-state index contributed by atoms with van der Waals surface area (Å²) >= 11 is 0. The van der Waals surface area contributed by atoms with Crippen molar-refractivity contribution in [3.63, 3.8) is 0 Å². The summed E-state index contributed by atoms with van der Waals surface area (Å²) in [5.41, 5.74) is 8.65. The number of hydrogen-bond donors (Lipinski definition) is 0. The maximum atomic E-state index is 5.32. The molecular weight excluding hydrogens is 462 g/mol. The van der Waals surface area contributed by atoms with Crippen molar-refractivity contribution in [2.24, 2.45) is 0 Å². The summed E-state index contributed by atoms with van der Waals surface area (Å²) in [4.78, 5) is 7.87. The zero-order valence-electron chi connectivity index (χ0n) is 22.6. The maximum absolute atomic E-state index is 5.32. The van der Waals surface area contributed by atoms with Crippen LogP contribution in [0.2, 0.25) is 0 Å². The first-order valence-corrected chi connectivity index (χ1v) is 13.7. The summed E-state index contributed by atoms with van der Waals surface area (Å²) in [6.07, 6.45) is 2.26. The van der Waals surface area contributed by atoms with Gasteiger partial charge in [0.2, 0.25) is 0 Å². The molecule has 1 heterocycles. The van der Waals surface area contributed by atoms with Gasteiger partial charge >= 0.3 is 0 Å². The van der Waals surface area contributed by atoms with E-state index in [1.54, 1.807) is 0 Å². The summed E-state index contributed by atoms with van der Waals surface area (Å²) in [5.74, 6) is 1.06. The van der Waals surface area contributed by atoms with Crippen LogP contribution in [0.4, 0.5) is 0 Å². The van der Waals surface area contributed by atoms with E-state index in [4.69, 9.17) is 4.98 Å². The van der Waals surface area contributed by atoms with Crippen LogP contribution in [0.15, 0.2) is 115 Å². The first-order valence-electron chi connectivity index (χ1n) is 13.7. The monoisotopic (exact) mass is 499 g/mol. The third-order valence-electron chi connectivity index (χ3n) is 7.04. The molecule has 1 aromatic heterocycles. The molecule has 0 unspecified atom stereocenters. The molecule has 0 fully saturated rings. The van der Waals surface area contributed by atoms with Gasteiger partial charge in [0.25, 0.3) is 0 Å². The molecule has 3 nitrogen and oxygen atoms in total. The first kappa shape index (κ1) is 25.7. The van der Waals surface area contributed by atoms with E-state index in [2.05, 4.69) is 139 Å². The predicted molar refractivity (Wildman–Crippen MR) is 159 cm³/mol. The van der Waals surface area contributed by atoms with Crippen LogP contribution in [-0.2, 0) is 26.2 Å². The number of aryl methyl sites for hydroxylation is 1. The molecule has 0 bridgehead atoms. The summed E-state index contributed by atoms with van der Waals surface area (Å²) in [6.45, 7) is 7.94. The Kier molecular flexibility index (Phi) is 8.47. The van der Waals surface area contributed by atoms with Gasteiger partial charge in [0.05, 0.1) is 11.4 Å². The van der Waals surface area contributed by atoms with Crippen LogP contribution in [0, 0.1) is 6.92 Å². The molecule has 0 N–H and O–H groups in total. The minimum Gasteiger partial charge on any atom is -0.326 e. The van der Waals surface area contributed by atoms with Crippen LogP contribution in [-0.4, -0.2) is 14.5 Å². The molecule has 0 amide bonds. The SMILES string of the molecule is CCCCn1c(-c2ccccc2)nc(-c2ccccc2)c1CN(Cc1ccccc1)Cc1ccc(C)cc1. The second-order valence-electron chi connectivity index (χ2n) is 10.1. The molecule has 0 saturated heterocycles. The fourth-order valence-corrected chi connectivity index (χ4v) is 5.01. The van der Waals surface area contributed by atoms with Crippen molar-refractivity contribution in [3.8, 4) is 22.6 Å². The van der Waals surface area contributed by atoms with Crippen LogP contribution < -0.4 is 0 Å². The molecule has 0 spiro atoms.